The molecule has 0 bridgehead atoms. The van der Waals surface area contributed by atoms with E-state index in [0.717, 1.165) is 19.5 Å². The van der Waals surface area contributed by atoms with Crippen molar-refractivity contribution < 1.29 is 28.5 Å². The summed E-state index contributed by atoms with van der Waals surface area (Å²) in [5.74, 6) is 1.59. The summed E-state index contributed by atoms with van der Waals surface area (Å²) in [7, 11) is 3.04. The van der Waals surface area contributed by atoms with Crippen LogP contribution in [0.5, 0.6) is 23.3 Å². The number of hydrogen-bond donors (Lipinski definition) is 0. The third kappa shape index (κ3) is 9.87. The Morgan fingerprint density at radius 3 is 2.17 bits per heavy atom. The molecule has 1 aromatic heterocycles. The predicted octanol–water partition coefficient (Wildman–Crippen LogP) is 5.67. The molecule has 8 heteroatoms. The Bertz CT molecular complexity index is 728. The van der Waals surface area contributed by atoms with E-state index < -0.39 is 0 Å². The zero-order chi connectivity index (χ0) is 22.9. The number of pyridine rings is 1. The molecule has 0 N–H and O–H groups in total. The van der Waals surface area contributed by atoms with Crippen LogP contribution >= 0.6 is 15.9 Å². The number of rotatable bonds is 9. The van der Waals surface area contributed by atoms with Gasteiger partial charge in [-0.2, -0.15) is 4.98 Å². The van der Waals surface area contributed by atoms with Gasteiger partial charge in [-0.1, -0.05) is 6.07 Å². The largest absolute Gasteiger partial charge is 0.496 e. The van der Waals surface area contributed by atoms with E-state index in [1.807, 2.05) is 20.8 Å². The van der Waals surface area contributed by atoms with E-state index in [1.54, 1.807) is 30.3 Å². The number of halogens is 1. The number of hydrogen-bond acceptors (Lipinski definition) is 7. The van der Waals surface area contributed by atoms with Gasteiger partial charge in [0, 0.05) is 29.8 Å². The van der Waals surface area contributed by atoms with Crippen LogP contribution in [0.15, 0.2) is 48.0 Å². The van der Waals surface area contributed by atoms with Crippen molar-refractivity contribution in [2.75, 3.05) is 27.4 Å². The summed E-state index contributed by atoms with van der Waals surface area (Å²) >= 11 is 3.30. The van der Waals surface area contributed by atoms with E-state index in [-0.39, 0.29) is 12.2 Å². The smallest absolute Gasteiger partial charge is 0.226 e. The van der Waals surface area contributed by atoms with Crippen LogP contribution in [-0.2, 0) is 9.47 Å². The molecule has 0 spiro atoms. The van der Waals surface area contributed by atoms with Crippen molar-refractivity contribution in [2.45, 2.75) is 27.1 Å². The van der Waals surface area contributed by atoms with Crippen LogP contribution in [0.2, 0.25) is 0 Å². The molecule has 7 nitrogen and oxygen atoms in total. The second kappa shape index (κ2) is 16.4. The topological polar surface area (TPSA) is 76.1 Å². The third-order valence-electron chi connectivity index (χ3n) is 3.34. The number of aldehydes is 1. The minimum absolute atomic E-state index is 0.0370. The summed E-state index contributed by atoms with van der Waals surface area (Å²) in [4.78, 5) is 15.2. The maximum Gasteiger partial charge on any atom is 0.226 e. The van der Waals surface area contributed by atoms with Crippen molar-refractivity contribution >= 4 is 22.2 Å². The molecule has 0 aliphatic heterocycles. The third-order valence-corrected chi connectivity index (χ3v) is 4.04. The fourth-order valence-electron chi connectivity index (χ4n) is 2.08. The average Bonchev–Trinajstić information content (AvgIpc) is 2.76. The first-order valence-electron chi connectivity index (χ1n) is 9.23. The Kier molecular flexibility index (Phi) is 15.1. The highest BCUT2D eigenvalue weighted by Crippen LogP contribution is 2.31. The van der Waals surface area contributed by atoms with Crippen LogP contribution in [0.25, 0.3) is 0 Å². The molecule has 2 rings (SSSR count). The van der Waals surface area contributed by atoms with Crippen molar-refractivity contribution in [2.24, 2.45) is 0 Å². The SMILES string of the molecule is C=C.CCOC(C)OCC.COc1cc(OC)nc(Oc2cccc(Br)c2C=O)c1. The van der Waals surface area contributed by atoms with E-state index in [1.165, 1.54) is 14.2 Å². The molecule has 0 saturated carbocycles. The lowest BCUT2D eigenvalue weighted by Crippen LogP contribution is -2.11. The highest BCUT2D eigenvalue weighted by atomic mass is 79.9. The fourth-order valence-corrected chi connectivity index (χ4v) is 2.53. The van der Waals surface area contributed by atoms with E-state index >= 15 is 0 Å². The van der Waals surface area contributed by atoms with Gasteiger partial charge in [-0.05, 0) is 48.8 Å². The highest BCUT2D eigenvalue weighted by Gasteiger charge is 2.11. The maximum atomic E-state index is 11.1. The van der Waals surface area contributed by atoms with Crippen molar-refractivity contribution in [3.63, 3.8) is 0 Å². The van der Waals surface area contributed by atoms with Crippen molar-refractivity contribution in [1.82, 2.24) is 4.98 Å². The van der Waals surface area contributed by atoms with Gasteiger partial charge in [-0.3, -0.25) is 4.79 Å². The molecule has 0 aliphatic rings. The zero-order valence-corrected chi connectivity index (χ0v) is 19.7. The minimum Gasteiger partial charge on any atom is -0.496 e. The van der Waals surface area contributed by atoms with Gasteiger partial charge in [0.1, 0.15) is 11.5 Å². The van der Waals surface area contributed by atoms with Gasteiger partial charge in [0.15, 0.2) is 12.6 Å². The quantitative estimate of drug-likeness (QED) is 0.258. The fraction of sp³-hybridized carbons (Fsp3) is 0.364. The number of ether oxygens (including phenoxy) is 5. The van der Waals surface area contributed by atoms with Crippen LogP contribution in [0.1, 0.15) is 31.1 Å². The number of methoxy groups -OCH3 is 2. The number of nitrogens with zero attached hydrogens (tertiary/aromatic N) is 1. The Labute approximate surface area is 187 Å². The lowest BCUT2D eigenvalue weighted by Gasteiger charge is -2.10. The Morgan fingerprint density at radius 1 is 1.07 bits per heavy atom. The first-order chi connectivity index (χ1) is 14.5. The zero-order valence-electron chi connectivity index (χ0n) is 18.1. The monoisotopic (exact) mass is 483 g/mol. The molecule has 166 valence electrons. The number of carbonyl (C=O) groups excluding carboxylic acids is 1. The summed E-state index contributed by atoms with van der Waals surface area (Å²) in [5.41, 5.74) is 0.413. The lowest BCUT2D eigenvalue weighted by molar-refractivity contribution is -0.123. The molecule has 0 atom stereocenters. The molecule has 0 amide bonds. The molecular weight excluding hydrogens is 454 g/mol. The van der Waals surface area contributed by atoms with Crippen molar-refractivity contribution in [3.05, 3.63) is 53.5 Å². The maximum absolute atomic E-state index is 11.1. The van der Waals surface area contributed by atoms with Gasteiger partial charge in [0.2, 0.25) is 11.8 Å². The molecule has 1 heterocycles. The minimum atomic E-state index is -0.0370. The molecule has 0 saturated heterocycles. The Morgan fingerprint density at radius 2 is 1.67 bits per heavy atom. The van der Waals surface area contributed by atoms with E-state index in [4.69, 9.17) is 23.7 Å². The van der Waals surface area contributed by atoms with Gasteiger partial charge in [0.25, 0.3) is 0 Å². The predicted molar refractivity (Wildman–Crippen MR) is 121 cm³/mol. The number of benzene rings is 1. The molecule has 0 unspecified atom stereocenters. The van der Waals surface area contributed by atoms with Crippen LogP contribution in [-0.4, -0.2) is 45.0 Å². The second-order valence-electron chi connectivity index (χ2n) is 5.24. The van der Waals surface area contributed by atoms with Gasteiger partial charge in [0.05, 0.1) is 19.8 Å². The Hall–Kier alpha value is -2.42. The second-order valence-corrected chi connectivity index (χ2v) is 6.09. The molecule has 2 aromatic rings. The lowest BCUT2D eigenvalue weighted by atomic mass is 10.2. The Balaban J connectivity index is 0.000000712. The molecule has 0 fully saturated rings. The summed E-state index contributed by atoms with van der Waals surface area (Å²) in [6, 6.07) is 8.45. The van der Waals surface area contributed by atoms with Crippen LogP contribution in [0, 0.1) is 0 Å². The summed E-state index contributed by atoms with van der Waals surface area (Å²) < 4.78 is 26.6. The molecular formula is C22H30BrNO6. The molecule has 1 aromatic carbocycles. The van der Waals surface area contributed by atoms with Gasteiger partial charge >= 0.3 is 0 Å². The van der Waals surface area contributed by atoms with Crippen LogP contribution in [0.4, 0.5) is 0 Å². The number of carbonyl (C=O) groups is 1. The number of aromatic nitrogens is 1. The van der Waals surface area contributed by atoms with Gasteiger partial charge in [-0.15, -0.1) is 13.2 Å². The first kappa shape index (κ1) is 27.6. The van der Waals surface area contributed by atoms with E-state index in [2.05, 4.69) is 34.1 Å². The average molecular weight is 484 g/mol. The van der Waals surface area contributed by atoms with Crippen LogP contribution in [0.3, 0.4) is 0 Å². The van der Waals surface area contributed by atoms with Crippen molar-refractivity contribution in [1.29, 1.82) is 0 Å². The van der Waals surface area contributed by atoms with E-state index in [0.29, 0.717) is 27.4 Å². The first-order valence-corrected chi connectivity index (χ1v) is 10.0. The molecule has 0 radical (unpaired) electrons. The summed E-state index contributed by atoms with van der Waals surface area (Å²) in [6.07, 6.45) is 0.682. The normalized spacial score (nSPS) is 9.57. The molecule has 0 aliphatic carbocycles. The summed E-state index contributed by atoms with van der Waals surface area (Å²) in [5, 5.41) is 0. The summed E-state index contributed by atoms with van der Waals surface area (Å²) in [6.45, 7) is 13.3. The highest BCUT2D eigenvalue weighted by molar-refractivity contribution is 9.10. The van der Waals surface area contributed by atoms with Crippen LogP contribution < -0.4 is 14.2 Å². The van der Waals surface area contributed by atoms with Crippen molar-refractivity contribution in [3.8, 4) is 23.3 Å². The standard InChI is InChI=1S/C14H12BrNO4.C6H14O2.C2H4/c1-18-9-6-13(19-2)16-14(7-9)20-12-5-3-4-11(15)10(12)8-17;1-4-7-6(3)8-5-2;1-2/h3-8H,1-2H3;6H,4-5H2,1-3H3;1-2H2. The van der Waals surface area contributed by atoms with Gasteiger partial charge < -0.3 is 23.7 Å². The van der Waals surface area contributed by atoms with E-state index in [9.17, 15) is 4.79 Å². The van der Waals surface area contributed by atoms with Gasteiger partial charge in [-0.25, -0.2) is 0 Å². The molecule has 30 heavy (non-hydrogen) atoms.